The first-order chi connectivity index (χ1) is 19.2. The highest BCUT2D eigenvalue weighted by atomic mass is 35.5. The van der Waals surface area contributed by atoms with Crippen LogP contribution in [0, 0.1) is 5.92 Å². The van der Waals surface area contributed by atoms with Crippen LogP contribution in [0.3, 0.4) is 0 Å². The van der Waals surface area contributed by atoms with Crippen LogP contribution in [-0.2, 0) is 6.42 Å². The standard InChI is InChI=1S/C28H27ClF3N5O2S/c29-27-33-11-20-21(26-34-18(14-40-26)9-16-5-2-1-3-6-16)13-37(25(20)35-27)22-10-19(23(38)24(22)39)17-7-4-8-36(12-17)15-28(30,31)32/h1-3,5-7,11,13-14,19,22-24,38-39H,4,8-10,12,15H2/t19-,22-,23-,24+/m1/s1. The summed E-state index contributed by atoms with van der Waals surface area (Å²) in [5.74, 6) is -0.480. The Morgan fingerprint density at radius 1 is 1.10 bits per heavy atom. The van der Waals surface area contributed by atoms with Gasteiger partial charge in [-0.05, 0) is 30.0 Å². The van der Waals surface area contributed by atoms with E-state index in [9.17, 15) is 23.4 Å². The van der Waals surface area contributed by atoms with E-state index in [1.54, 1.807) is 10.8 Å². The Kier molecular flexibility index (Phi) is 7.43. The molecule has 6 rings (SSSR count). The average Bonchev–Trinajstić information content (AvgIpc) is 3.60. The summed E-state index contributed by atoms with van der Waals surface area (Å²) in [6.07, 6.45) is 0.308. The molecule has 1 saturated carbocycles. The average molecular weight is 590 g/mol. The minimum absolute atomic E-state index is 0.0460. The van der Waals surface area contributed by atoms with Gasteiger partial charge in [-0.1, -0.05) is 42.0 Å². The molecular formula is C28H27ClF3N5O2S. The van der Waals surface area contributed by atoms with Crippen molar-refractivity contribution >= 4 is 34.0 Å². The molecule has 1 aromatic carbocycles. The largest absolute Gasteiger partial charge is 0.401 e. The quantitative estimate of drug-likeness (QED) is 0.235. The van der Waals surface area contributed by atoms with Crippen LogP contribution in [-0.4, -0.2) is 72.7 Å². The maximum absolute atomic E-state index is 13.0. The van der Waals surface area contributed by atoms with Crippen molar-refractivity contribution in [3.05, 3.63) is 76.3 Å². The van der Waals surface area contributed by atoms with Crippen LogP contribution in [0.1, 0.15) is 30.1 Å². The molecule has 210 valence electrons. The number of fused-ring (bicyclic) bond motifs is 1. The summed E-state index contributed by atoms with van der Waals surface area (Å²) in [6, 6.07) is 9.48. The molecule has 4 atom stereocenters. The van der Waals surface area contributed by atoms with Crippen LogP contribution in [0.2, 0.25) is 5.28 Å². The Hall–Kier alpha value is -2.83. The van der Waals surface area contributed by atoms with Crippen molar-refractivity contribution in [3.8, 4) is 10.6 Å². The van der Waals surface area contributed by atoms with Gasteiger partial charge in [0.2, 0.25) is 5.28 Å². The lowest BCUT2D eigenvalue weighted by atomic mass is 9.91. The molecule has 1 fully saturated rings. The number of alkyl halides is 3. The summed E-state index contributed by atoms with van der Waals surface area (Å²) in [7, 11) is 0. The van der Waals surface area contributed by atoms with Crippen molar-refractivity contribution in [2.75, 3.05) is 19.6 Å². The fourth-order valence-corrected chi connectivity index (χ4v) is 6.87. The van der Waals surface area contributed by atoms with Crippen LogP contribution in [0.25, 0.3) is 21.6 Å². The third-order valence-electron chi connectivity index (χ3n) is 7.70. The summed E-state index contributed by atoms with van der Waals surface area (Å²) in [5, 5.41) is 25.7. The van der Waals surface area contributed by atoms with E-state index in [0.29, 0.717) is 36.8 Å². The first kappa shape index (κ1) is 27.3. The summed E-state index contributed by atoms with van der Waals surface area (Å²) >= 11 is 7.66. The Morgan fingerprint density at radius 3 is 2.67 bits per heavy atom. The fourth-order valence-electron chi connectivity index (χ4n) is 5.89. The summed E-state index contributed by atoms with van der Waals surface area (Å²) in [6.45, 7) is -0.589. The molecule has 0 radical (unpaired) electrons. The molecular weight excluding hydrogens is 563 g/mol. The van der Waals surface area contributed by atoms with Gasteiger partial charge in [-0.3, -0.25) is 4.90 Å². The number of thiazole rings is 1. The minimum atomic E-state index is -4.30. The van der Waals surface area contributed by atoms with Gasteiger partial charge >= 0.3 is 6.18 Å². The van der Waals surface area contributed by atoms with Gasteiger partial charge in [-0.2, -0.15) is 18.2 Å². The maximum atomic E-state index is 13.0. The van der Waals surface area contributed by atoms with Crippen molar-refractivity contribution in [3.63, 3.8) is 0 Å². The smallest absolute Gasteiger partial charge is 0.390 e. The minimum Gasteiger partial charge on any atom is -0.390 e. The highest BCUT2D eigenvalue weighted by Gasteiger charge is 2.45. The lowest BCUT2D eigenvalue weighted by molar-refractivity contribution is -0.145. The highest BCUT2D eigenvalue weighted by Crippen LogP contribution is 2.44. The van der Waals surface area contributed by atoms with Gasteiger partial charge in [-0.15, -0.1) is 11.3 Å². The van der Waals surface area contributed by atoms with Crippen LogP contribution in [0.5, 0.6) is 0 Å². The topological polar surface area (TPSA) is 87.3 Å². The van der Waals surface area contributed by atoms with Gasteiger partial charge < -0.3 is 14.8 Å². The van der Waals surface area contributed by atoms with Gasteiger partial charge in [0.05, 0.1) is 24.4 Å². The molecule has 0 spiro atoms. The number of hydrogen-bond donors (Lipinski definition) is 2. The Labute approximate surface area is 237 Å². The van der Waals surface area contributed by atoms with Crippen molar-refractivity contribution in [1.29, 1.82) is 0 Å². The number of halogens is 4. The van der Waals surface area contributed by atoms with E-state index in [4.69, 9.17) is 16.6 Å². The Balaban J connectivity index is 1.30. The summed E-state index contributed by atoms with van der Waals surface area (Å²) < 4.78 is 40.9. The molecule has 2 aliphatic rings. The van der Waals surface area contributed by atoms with Gasteiger partial charge in [0.1, 0.15) is 16.8 Å². The molecule has 0 unspecified atom stereocenters. The van der Waals surface area contributed by atoms with E-state index in [0.717, 1.165) is 27.4 Å². The van der Waals surface area contributed by atoms with Crippen molar-refractivity contribution in [1.82, 2.24) is 24.4 Å². The number of nitrogens with zero attached hydrogens (tertiary/aromatic N) is 5. The maximum Gasteiger partial charge on any atom is 0.401 e. The van der Waals surface area contributed by atoms with E-state index in [1.165, 1.54) is 16.2 Å². The molecule has 2 N–H and O–H groups in total. The molecule has 12 heteroatoms. The fraction of sp³-hybridized carbons (Fsp3) is 0.393. The molecule has 0 saturated heterocycles. The number of rotatable bonds is 6. The number of benzene rings is 1. The van der Waals surface area contributed by atoms with Crippen molar-refractivity contribution in [2.24, 2.45) is 5.92 Å². The summed E-state index contributed by atoms with van der Waals surface area (Å²) in [5.41, 5.74) is 4.08. The van der Waals surface area contributed by atoms with Gasteiger partial charge in [0, 0.05) is 54.2 Å². The van der Waals surface area contributed by atoms with E-state index in [-0.39, 0.29) is 11.8 Å². The molecule has 4 aromatic rings. The first-order valence-electron chi connectivity index (χ1n) is 13.0. The van der Waals surface area contributed by atoms with Gasteiger partial charge in [-0.25, -0.2) is 9.97 Å². The number of aliphatic hydroxyl groups excluding tert-OH is 2. The van der Waals surface area contributed by atoms with E-state index in [2.05, 4.69) is 9.97 Å². The zero-order valence-corrected chi connectivity index (χ0v) is 22.9. The van der Waals surface area contributed by atoms with Crippen LogP contribution < -0.4 is 0 Å². The second kappa shape index (κ2) is 10.9. The van der Waals surface area contributed by atoms with E-state index < -0.39 is 36.9 Å². The summed E-state index contributed by atoms with van der Waals surface area (Å²) in [4.78, 5) is 14.8. The van der Waals surface area contributed by atoms with Crippen LogP contribution in [0.15, 0.2) is 59.8 Å². The zero-order chi connectivity index (χ0) is 28.0. The monoisotopic (exact) mass is 589 g/mol. The zero-order valence-electron chi connectivity index (χ0n) is 21.3. The molecule has 7 nitrogen and oxygen atoms in total. The lowest BCUT2D eigenvalue weighted by Gasteiger charge is -2.31. The third-order valence-corrected chi connectivity index (χ3v) is 8.81. The van der Waals surface area contributed by atoms with Crippen LogP contribution >= 0.6 is 22.9 Å². The predicted octanol–water partition coefficient (Wildman–Crippen LogP) is 5.28. The third kappa shape index (κ3) is 5.53. The molecule has 4 heterocycles. The lowest BCUT2D eigenvalue weighted by Crippen LogP contribution is -2.40. The van der Waals surface area contributed by atoms with Crippen molar-refractivity contribution in [2.45, 2.75) is 43.7 Å². The Morgan fingerprint density at radius 2 is 1.90 bits per heavy atom. The SMILES string of the molecule is O[C@@H]1[C@H](O)[C@@H](C2=CCCN(CC(F)(F)F)C2)C[C@H]1n1cc(-c2nc(Cc3ccccc3)cs2)c2cnc(Cl)nc21. The second-order valence-corrected chi connectivity index (χ2v) is 11.6. The van der Waals surface area contributed by atoms with Gasteiger partial charge in [0.15, 0.2) is 0 Å². The molecule has 1 aliphatic carbocycles. The molecule has 0 amide bonds. The Bertz CT molecular complexity index is 1540. The van der Waals surface area contributed by atoms with Gasteiger partial charge in [0.25, 0.3) is 0 Å². The number of aromatic nitrogens is 4. The number of hydrogen-bond acceptors (Lipinski definition) is 7. The molecule has 0 bridgehead atoms. The normalized spacial score (nSPS) is 24.1. The molecule has 3 aromatic heterocycles. The molecule has 1 aliphatic heterocycles. The first-order valence-corrected chi connectivity index (χ1v) is 14.3. The van der Waals surface area contributed by atoms with Crippen molar-refractivity contribution < 1.29 is 23.4 Å². The number of aliphatic hydroxyl groups is 2. The van der Waals surface area contributed by atoms with E-state index >= 15 is 0 Å². The van der Waals surface area contributed by atoms with E-state index in [1.807, 2.05) is 48.0 Å². The molecule has 40 heavy (non-hydrogen) atoms. The predicted molar refractivity (Wildman–Crippen MR) is 147 cm³/mol. The second-order valence-electron chi connectivity index (χ2n) is 10.4. The van der Waals surface area contributed by atoms with Crippen LogP contribution in [0.4, 0.5) is 13.2 Å². The highest BCUT2D eigenvalue weighted by molar-refractivity contribution is 7.13.